The number of hydrogen-bond acceptors (Lipinski definition) is 4. The molecule has 5 rings (SSSR count). The number of hydrogen-bond donors (Lipinski definition) is 0. The van der Waals surface area contributed by atoms with E-state index in [2.05, 4.69) is 18.2 Å². The fourth-order valence-electron chi connectivity index (χ4n) is 4.53. The molecule has 8 heteroatoms. The second kappa shape index (κ2) is 7.69. The summed E-state index contributed by atoms with van der Waals surface area (Å²) in [5.74, 6) is 0.247. The van der Waals surface area contributed by atoms with Gasteiger partial charge in [0.1, 0.15) is 0 Å². The van der Waals surface area contributed by atoms with Gasteiger partial charge in [0.2, 0.25) is 5.78 Å². The molecule has 5 aromatic rings. The normalized spacial score (nSPS) is 12.5. The predicted octanol–water partition coefficient (Wildman–Crippen LogP) is 3.57. The Morgan fingerprint density at radius 3 is 2.26 bits per heavy atom. The average Bonchev–Trinajstić information content (AvgIpc) is 3.34. The van der Waals surface area contributed by atoms with E-state index in [4.69, 9.17) is 4.98 Å². The molecule has 172 valence electrons. The maximum atomic E-state index is 13.6. The number of carbonyl (C=O) groups is 1. The van der Waals surface area contributed by atoms with E-state index >= 15 is 0 Å². The van der Waals surface area contributed by atoms with E-state index in [1.165, 1.54) is 11.5 Å². The van der Waals surface area contributed by atoms with Crippen LogP contribution < -0.4 is 11.2 Å². The molecule has 2 aromatic carbocycles. The second-order valence-corrected chi connectivity index (χ2v) is 8.82. The molecule has 0 fully saturated rings. The van der Waals surface area contributed by atoms with Gasteiger partial charge in [0.15, 0.2) is 16.9 Å². The lowest BCUT2D eigenvalue weighted by Crippen LogP contribution is -2.42. The Bertz CT molecular complexity index is 1700. The third-order valence-electron chi connectivity index (χ3n) is 6.31. The first-order valence-electron chi connectivity index (χ1n) is 11.1. The lowest BCUT2D eigenvalue weighted by Gasteiger charge is -2.12. The summed E-state index contributed by atoms with van der Waals surface area (Å²) in [6.07, 6.45) is 1.87. The van der Waals surface area contributed by atoms with Gasteiger partial charge < -0.3 is 0 Å². The SMILES string of the molecule is CC(=O)[C@@H](C)n1c(=O)c2c(nc3n(-c4cc(C)cc(C)c4)c(-c4ccccc4)cn23)n(C)c1=O. The molecule has 0 aliphatic heterocycles. The van der Waals surface area contributed by atoms with Crippen LogP contribution in [0.25, 0.3) is 33.9 Å². The first-order valence-corrected chi connectivity index (χ1v) is 11.1. The molecule has 0 N–H and O–H groups in total. The van der Waals surface area contributed by atoms with Crippen molar-refractivity contribution >= 4 is 22.7 Å². The highest BCUT2D eigenvalue weighted by Crippen LogP contribution is 2.29. The van der Waals surface area contributed by atoms with Crippen molar-refractivity contribution in [3.8, 4) is 16.9 Å². The minimum atomic E-state index is -0.878. The van der Waals surface area contributed by atoms with Crippen LogP contribution in [0.2, 0.25) is 0 Å². The minimum Gasteiger partial charge on any atom is -0.298 e. The monoisotopic (exact) mass is 455 g/mol. The molecule has 0 radical (unpaired) electrons. The molecule has 1 atom stereocenters. The quantitative estimate of drug-likeness (QED) is 0.415. The molecule has 0 amide bonds. The van der Waals surface area contributed by atoms with Gasteiger partial charge in [0.05, 0.1) is 11.7 Å². The molecule has 0 saturated carbocycles. The van der Waals surface area contributed by atoms with E-state index in [0.29, 0.717) is 5.78 Å². The van der Waals surface area contributed by atoms with Crippen LogP contribution >= 0.6 is 0 Å². The lowest BCUT2D eigenvalue weighted by atomic mass is 10.1. The van der Waals surface area contributed by atoms with Crippen molar-refractivity contribution in [1.82, 2.24) is 23.1 Å². The molecule has 3 heterocycles. The predicted molar refractivity (Wildman–Crippen MR) is 132 cm³/mol. The summed E-state index contributed by atoms with van der Waals surface area (Å²) in [6.45, 7) is 7.00. The molecule has 0 aliphatic rings. The number of ketones is 1. The Kier molecular flexibility index (Phi) is 4.89. The number of Topliss-reactive ketones (excluding diaryl/α,β-unsaturated/α-hetero) is 1. The molecule has 0 unspecified atom stereocenters. The van der Waals surface area contributed by atoms with Gasteiger partial charge >= 0.3 is 5.69 Å². The van der Waals surface area contributed by atoms with Crippen LogP contribution in [-0.2, 0) is 11.8 Å². The fraction of sp³-hybridized carbons (Fsp3) is 0.231. The van der Waals surface area contributed by atoms with E-state index in [-0.39, 0.29) is 16.9 Å². The van der Waals surface area contributed by atoms with E-state index < -0.39 is 17.3 Å². The van der Waals surface area contributed by atoms with Gasteiger partial charge in [-0.25, -0.2) is 9.36 Å². The number of nitrogens with zero attached hydrogens (tertiary/aromatic N) is 5. The van der Waals surface area contributed by atoms with E-state index in [0.717, 1.165) is 32.6 Å². The van der Waals surface area contributed by atoms with Gasteiger partial charge in [-0.1, -0.05) is 36.4 Å². The Balaban J connectivity index is 1.97. The van der Waals surface area contributed by atoms with Gasteiger partial charge in [0, 0.05) is 24.5 Å². The van der Waals surface area contributed by atoms with Crippen molar-refractivity contribution in [3.05, 3.63) is 86.7 Å². The Hall–Kier alpha value is -4.20. The summed E-state index contributed by atoms with van der Waals surface area (Å²) in [7, 11) is 1.57. The van der Waals surface area contributed by atoms with E-state index in [9.17, 15) is 14.4 Å². The first kappa shape index (κ1) is 21.6. The molecule has 0 spiro atoms. The van der Waals surface area contributed by atoms with Crippen LogP contribution in [-0.4, -0.2) is 28.9 Å². The number of carbonyl (C=O) groups excluding carboxylic acids is 1. The van der Waals surface area contributed by atoms with Crippen molar-refractivity contribution < 1.29 is 4.79 Å². The average molecular weight is 456 g/mol. The lowest BCUT2D eigenvalue weighted by molar-refractivity contribution is -0.119. The van der Waals surface area contributed by atoms with E-state index in [1.807, 2.05) is 54.9 Å². The summed E-state index contributed by atoms with van der Waals surface area (Å²) in [6, 6.07) is 15.2. The standard InChI is InChI=1S/C26H25N5O3/c1-15-11-16(2)13-20(12-15)31-21(19-9-7-6-8-10-19)14-29-22-23(27-25(29)31)28(5)26(34)30(24(22)33)17(3)18(4)32/h6-14,17H,1-5H3/t17-/m1/s1. The van der Waals surface area contributed by atoms with Crippen LogP contribution in [0, 0.1) is 13.8 Å². The molecule has 0 aliphatic carbocycles. The zero-order valence-electron chi connectivity index (χ0n) is 19.7. The van der Waals surface area contributed by atoms with Crippen LogP contribution in [0.15, 0.2) is 64.3 Å². The summed E-state index contributed by atoms with van der Waals surface area (Å²) in [5, 5.41) is 0. The molecule has 3 aromatic heterocycles. The van der Waals surface area contributed by atoms with Crippen molar-refractivity contribution in [2.45, 2.75) is 33.7 Å². The van der Waals surface area contributed by atoms with Crippen molar-refractivity contribution in [2.24, 2.45) is 7.05 Å². The number of fused-ring (bicyclic) bond motifs is 3. The molecule has 8 nitrogen and oxygen atoms in total. The van der Waals surface area contributed by atoms with Gasteiger partial charge in [-0.3, -0.25) is 23.1 Å². The number of rotatable bonds is 4. The summed E-state index contributed by atoms with van der Waals surface area (Å²) >= 11 is 0. The third kappa shape index (κ3) is 3.14. The summed E-state index contributed by atoms with van der Waals surface area (Å²) in [5.41, 5.74) is 4.35. The number of imidazole rings is 2. The van der Waals surface area contributed by atoms with Crippen molar-refractivity contribution in [1.29, 1.82) is 0 Å². The fourth-order valence-corrected chi connectivity index (χ4v) is 4.53. The Morgan fingerprint density at radius 2 is 1.65 bits per heavy atom. The zero-order valence-corrected chi connectivity index (χ0v) is 19.7. The molecular formula is C26H25N5O3. The highest BCUT2D eigenvalue weighted by atomic mass is 16.2. The minimum absolute atomic E-state index is 0.255. The van der Waals surface area contributed by atoms with Gasteiger partial charge in [-0.05, 0) is 51.0 Å². The highest BCUT2D eigenvalue weighted by molar-refractivity contribution is 5.82. The van der Waals surface area contributed by atoms with Crippen LogP contribution in [0.4, 0.5) is 0 Å². The van der Waals surface area contributed by atoms with Crippen LogP contribution in [0.3, 0.4) is 0 Å². The first-order chi connectivity index (χ1) is 16.2. The smallest absolute Gasteiger partial charge is 0.298 e. The van der Waals surface area contributed by atoms with Crippen LogP contribution in [0.1, 0.15) is 31.0 Å². The molecule has 34 heavy (non-hydrogen) atoms. The topological polar surface area (TPSA) is 83.3 Å². The Morgan fingerprint density at radius 1 is 1.00 bits per heavy atom. The number of benzene rings is 2. The van der Waals surface area contributed by atoms with Gasteiger partial charge in [-0.15, -0.1) is 0 Å². The number of aryl methyl sites for hydroxylation is 3. The summed E-state index contributed by atoms with van der Waals surface area (Å²) in [4.78, 5) is 43.4. The molecule has 0 saturated heterocycles. The molecular weight excluding hydrogens is 430 g/mol. The van der Waals surface area contributed by atoms with E-state index in [1.54, 1.807) is 18.4 Å². The van der Waals surface area contributed by atoms with Gasteiger partial charge in [-0.2, -0.15) is 4.98 Å². The maximum absolute atomic E-state index is 13.6. The second-order valence-electron chi connectivity index (χ2n) is 8.82. The Labute approximate surface area is 195 Å². The van der Waals surface area contributed by atoms with Crippen molar-refractivity contribution in [3.63, 3.8) is 0 Å². The van der Waals surface area contributed by atoms with Crippen LogP contribution in [0.5, 0.6) is 0 Å². The zero-order chi connectivity index (χ0) is 24.3. The van der Waals surface area contributed by atoms with Gasteiger partial charge in [0.25, 0.3) is 5.56 Å². The largest absolute Gasteiger partial charge is 0.333 e. The number of aromatic nitrogens is 5. The molecule has 0 bridgehead atoms. The highest BCUT2D eigenvalue weighted by Gasteiger charge is 2.25. The van der Waals surface area contributed by atoms with Crippen molar-refractivity contribution in [2.75, 3.05) is 0 Å². The maximum Gasteiger partial charge on any atom is 0.333 e. The third-order valence-corrected chi connectivity index (χ3v) is 6.31. The summed E-state index contributed by atoms with van der Waals surface area (Å²) < 4.78 is 6.06.